The summed E-state index contributed by atoms with van der Waals surface area (Å²) in [5.74, 6) is 0.457. The summed E-state index contributed by atoms with van der Waals surface area (Å²) in [4.78, 5) is 20.4. The van der Waals surface area contributed by atoms with Gasteiger partial charge in [0.15, 0.2) is 11.5 Å². The number of nitrogens with one attached hydrogen (secondary N) is 1. The van der Waals surface area contributed by atoms with Gasteiger partial charge in [-0.05, 0) is 12.1 Å². The van der Waals surface area contributed by atoms with Gasteiger partial charge in [-0.3, -0.25) is 4.98 Å². The van der Waals surface area contributed by atoms with Crippen LogP contribution in [0.3, 0.4) is 0 Å². The van der Waals surface area contributed by atoms with Gasteiger partial charge in [-0.1, -0.05) is 30.3 Å². The van der Waals surface area contributed by atoms with E-state index in [0.717, 1.165) is 11.1 Å². The number of pyridine rings is 1. The number of hydrogen-bond donors (Lipinski definition) is 1. The van der Waals surface area contributed by atoms with E-state index >= 15 is 0 Å². The van der Waals surface area contributed by atoms with Crippen molar-refractivity contribution in [1.82, 2.24) is 29.8 Å². The highest BCUT2D eigenvalue weighted by Gasteiger charge is 2.14. The molecule has 0 saturated carbocycles. The third-order valence-electron chi connectivity index (χ3n) is 3.26. The van der Waals surface area contributed by atoms with Crippen LogP contribution in [0.25, 0.3) is 28.3 Å². The molecule has 0 fully saturated rings. The minimum atomic E-state index is -0.428. The van der Waals surface area contributed by atoms with Crippen LogP contribution in [-0.4, -0.2) is 29.8 Å². The summed E-state index contributed by atoms with van der Waals surface area (Å²) in [6, 6.07) is 13.1. The van der Waals surface area contributed by atoms with E-state index in [1.807, 2.05) is 30.3 Å². The molecule has 0 atom stereocenters. The molecule has 0 amide bonds. The summed E-state index contributed by atoms with van der Waals surface area (Å²) >= 11 is 0. The summed E-state index contributed by atoms with van der Waals surface area (Å²) in [5, 5.41) is 10.8. The smallest absolute Gasteiger partial charge is 0.265 e. The van der Waals surface area contributed by atoms with Gasteiger partial charge in [-0.15, -0.1) is 5.10 Å². The lowest BCUT2D eigenvalue weighted by molar-refractivity contribution is 0.815. The van der Waals surface area contributed by atoms with E-state index in [2.05, 4.69) is 25.3 Å². The molecule has 0 spiro atoms. The molecule has 4 rings (SSSR count). The third kappa shape index (κ3) is 1.96. The van der Waals surface area contributed by atoms with Crippen molar-refractivity contribution in [3.8, 4) is 22.6 Å². The zero-order chi connectivity index (χ0) is 14.9. The van der Waals surface area contributed by atoms with E-state index in [4.69, 9.17) is 0 Å². The first-order valence-corrected chi connectivity index (χ1v) is 6.64. The second-order valence-electron chi connectivity index (χ2n) is 4.65. The minimum Gasteiger partial charge on any atom is -0.265 e. The van der Waals surface area contributed by atoms with Crippen molar-refractivity contribution in [2.24, 2.45) is 0 Å². The van der Waals surface area contributed by atoms with Crippen molar-refractivity contribution in [3.05, 3.63) is 65.3 Å². The average molecular weight is 290 g/mol. The van der Waals surface area contributed by atoms with Gasteiger partial charge in [0.2, 0.25) is 0 Å². The Morgan fingerprint density at radius 2 is 1.73 bits per heavy atom. The molecule has 0 unspecified atom stereocenters. The van der Waals surface area contributed by atoms with Crippen LogP contribution in [0, 0.1) is 0 Å². The number of aromatic nitrogens is 6. The van der Waals surface area contributed by atoms with Crippen LogP contribution in [0.4, 0.5) is 0 Å². The van der Waals surface area contributed by atoms with E-state index in [0.29, 0.717) is 17.2 Å². The monoisotopic (exact) mass is 290 g/mol. The largest absolute Gasteiger partial charge is 0.364 e. The lowest BCUT2D eigenvalue weighted by atomic mass is 10.1. The van der Waals surface area contributed by atoms with E-state index in [1.54, 1.807) is 24.5 Å². The first-order valence-electron chi connectivity index (χ1n) is 6.64. The first kappa shape index (κ1) is 12.4. The van der Waals surface area contributed by atoms with Gasteiger partial charge >= 0.3 is 5.69 Å². The third-order valence-corrected chi connectivity index (χ3v) is 3.26. The van der Waals surface area contributed by atoms with Crippen LogP contribution < -0.4 is 5.69 Å². The normalized spacial score (nSPS) is 10.9. The van der Waals surface area contributed by atoms with Gasteiger partial charge in [-0.25, -0.2) is 14.9 Å². The molecular weight excluding hydrogens is 280 g/mol. The molecule has 3 aromatic heterocycles. The molecule has 0 saturated heterocycles. The van der Waals surface area contributed by atoms with Gasteiger partial charge in [0.25, 0.3) is 0 Å². The Balaban J connectivity index is 1.99. The highest BCUT2D eigenvalue weighted by atomic mass is 16.1. The summed E-state index contributed by atoms with van der Waals surface area (Å²) < 4.78 is 1.23. The van der Waals surface area contributed by atoms with Gasteiger partial charge in [-0.2, -0.15) is 9.61 Å². The fraction of sp³-hybridized carbons (Fsp3) is 0. The molecule has 1 N–H and O–H groups in total. The van der Waals surface area contributed by atoms with E-state index in [9.17, 15) is 4.79 Å². The Bertz CT molecular complexity index is 991. The Kier molecular flexibility index (Phi) is 2.75. The van der Waals surface area contributed by atoms with Gasteiger partial charge in [0, 0.05) is 23.5 Å². The Morgan fingerprint density at radius 3 is 2.50 bits per heavy atom. The van der Waals surface area contributed by atoms with Crippen molar-refractivity contribution < 1.29 is 0 Å². The maximum Gasteiger partial charge on any atom is 0.364 e. The number of benzene rings is 1. The molecule has 22 heavy (non-hydrogen) atoms. The lowest BCUT2D eigenvalue weighted by Crippen LogP contribution is -2.19. The molecule has 0 radical (unpaired) electrons. The highest BCUT2D eigenvalue weighted by Crippen LogP contribution is 2.21. The Labute approximate surface area is 124 Å². The summed E-state index contributed by atoms with van der Waals surface area (Å²) in [7, 11) is 0. The van der Waals surface area contributed by atoms with Crippen LogP contribution in [0.15, 0.2) is 59.7 Å². The molecule has 0 aliphatic rings. The molecule has 4 aromatic rings. The number of rotatable bonds is 2. The summed E-state index contributed by atoms with van der Waals surface area (Å²) in [6.07, 6.45) is 3.31. The van der Waals surface area contributed by atoms with Crippen LogP contribution >= 0.6 is 0 Å². The van der Waals surface area contributed by atoms with Crippen LogP contribution in [0.5, 0.6) is 0 Å². The van der Waals surface area contributed by atoms with Crippen LogP contribution in [0.1, 0.15) is 0 Å². The van der Waals surface area contributed by atoms with Gasteiger partial charge < -0.3 is 0 Å². The maximum atomic E-state index is 11.9. The average Bonchev–Trinajstić information content (AvgIpc) is 3.03. The zero-order valence-electron chi connectivity index (χ0n) is 11.3. The number of aromatic amines is 1. The maximum absolute atomic E-state index is 11.9. The summed E-state index contributed by atoms with van der Waals surface area (Å²) in [5.41, 5.74) is 2.21. The molecule has 7 nitrogen and oxygen atoms in total. The van der Waals surface area contributed by atoms with E-state index in [1.165, 1.54) is 4.52 Å². The van der Waals surface area contributed by atoms with Gasteiger partial charge in [0.05, 0.1) is 0 Å². The number of hydrogen-bond acceptors (Lipinski definition) is 5. The van der Waals surface area contributed by atoms with Crippen molar-refractivity contribution in [2.45, 2.75) is 0 Å². The topological polar surface area (TPSA) is 88.8 Å². The zero-order valence-corrected chi connectivity index (χ0v) is 11.3. The molecule has 0 aliphatic carbocycles. The van der Waals surface area contributed by atoms with Gasteiger partial charge in [0.1, 0.15) is 5.69 Å². The molecule has 0 aliphatic heterocycles. The van der Waals surface area contributed by atoms with Crippen LogP contribution in [0.2, 0.25) is 0 Å². The molecule has 0 bridgehead atoms. The van der Waals surface area contributed by atoms with Crippen molar-refractivity contribution in [1.29, 1.82) is 0 Å². The number of nitrogens with zero attached hydrogens (tertiary/aromatic N) is 5. The fourth-order valence-electron chi connectivity index (χ4n) is 2.22. The van der Waals surface area contributed by atoms with E-state index < -0.39 is 5.69 Å². The lowest BCUT2D eigenvalue weighted by Gasteiger charge is -1.99. The predicted molar refractivity (Wildman–Crippen MR) is 80.1 cm³/mol. The molecule has 1 aromatic carbocycles. The second-order valence-corrected chi connectivity index (χ2v) is 4.65. The molecule has 106 valence electrons. The first-order chi connectivity index (χ1) is 10.8. The van der Waals surface area contributed by atoms with Crippen molar-refractivity contribution >= 4 is 5.65 Å². The minimum absolute atomic E-state index is 0.418. The van der Waals surface area contributed by atoms with Crippen molar-refractivity contribution in [2.75, 3.05) is 0 Å². The standard InChI is InChI=1S/C15H10N6O/c22-15-19-18-12(10-4-2-1-3-5-10)14-17-13(20-21(14)15)11-6-8-16-9-7-11/h1-9H,(H,19,22). The molecular formula is C15H10N6O. The van der Waals surface area contributed by atoms with Crippen molar-refractivity contribution in [3.63, 3.8) is 0 Å². The molecule has 3 heterocycles. The molecule has 7 heteroatoms. The number of fused-ring (bicyclic) bond motifs is 1. The SMILES string of the molecule is O=c1[nH]nc(-c2ccccc2)c2nc(-c3ccncc3)nn12. The summed E-state index contributed by atoms with van der Waals surface area (Å²) in [6.45, 7) is 0. The van der Waals surface area contributed by atoms with E-state index in [-0.39, 0.29) is 0 Å². The predicted octanol–water partition coefficient (Wildman–Crippen LogP) is 1.54. The quantitative estimate of drug-likeness (QED) is 0.605. The Hall–Kier alpha value is -3.35. The second kappa shape index (κ2) is 4.88. The van der Waals surface area contributed by atoms with Crippen LogP contribution in [-0.2, 0) is 0 Å². The fourth-order valence-corrected chi connectivity index (χ4v) is 2.22. The number of H-pyrrole nitrogens is 1. The Morgan fingerprint density at radius 1 is 0.955 bits per heavy atom. The highest BCUT2D eigenvalue weighted by molar-refractivity contribution is 5.74.